The van der Waals surface area contributed by atoms with Gasteiger partial charge in [0.15, 0.2) is 0 Å². The van der Waals surface area contributed by atoms with Gasteiger partial charge in [-0.25, -0.2) is 4.98 Å². The van der Waals surface area contributed by atoms with Crippen LogP contribution < -0.4 is 9.47 Å². The van der Waals surface area contributed by atoms with Crippen molar-refractivity contribution in [3.8, 4) is 17.4 Å². The highest BCUT2D eigenvalue weighted by atomic mass is 16.5. The van der Waals surface area contributed by atoms with Crippen molar-refractivity contribution in [2.24, 2.45) is 0 Å². The van der Waals surface area contributed by atoms with Gasteiger partial charge in [-0.15, -0.1) is 0 Å². The Bertz CT molecular complexity index is 523. The number of aromatic hydroxyl groups is 1. The fourth-order valence-corrected chi connectivity index (χ4v) is 1.76. The third-order valence-electron chi connectivity index (χ3n) is 2.67. The molecule has 18 heavy (non-hydrogen) atoms. The van der Waals surface area contributed by atoms with E-state index in [4.69, 9.17) is 9.47 Å². The van der Waals surface area contributed by atoms with Crippen molar-refractivity contribution in [1.82, 2.24) is 4.98 Å². The number of hydrogen-bond acceptors (Lipinski definition) is 4. The van der Waals surface area contributed by atoms with Crippen LogP contribution in [-0.4, -0.2) is 24.3 Å². The van der Waals surface area contributed by atoms with E-state index < -0.39 is 0 Å². The van der Waals surface area contributed by atoms with Crippen LogP contribution in [0.5, 0.6) is 17.4 Å². The van der Waals surface area contributed by atoms with Gasteiger partial charge in [0, 0.05) is 24.2 Å². The second kappa shape index (κ2) is 5.40. The first-order valence-corrected chi connectivity index (χ1v) is 5.57. The highest BCUT2D eigenvalue weighted by Gasteiger charge is 2.06. The average molecular weight is 245 g/mol. The van der Waals surface area contributed by atoms with E-state index in [0.717, 1.165) is 16.9 Å². The number of aromatic nitrogens is 1. The minimum atomic E-state index is 0.229. The van der Waals surface area contributed by atoms with E-state index in [9.17, 15) is 5.11 Å². The molecule has 1 aromatic heterocycles. The third kappa shape index (κ3) is 2.71. The SMILES string of the molecule is COc1ccc(Cc2cc(O)ccc2OC)cn1. The van der Waals surface area contributed by atoms with E-state index in [1.165, 1.54) is 0 Å². The lowest BCUT2D eigenvalue weighted by Crippen LogP contribution is -1.95. The van der Waals surface area contributed by atoms with Crippen LogP contribution in [0.2, 0.25) is 0 Å². The van der Waals surface area contributed by atoms with Gasteiger partial charge in [-0.05, 0) is 23.8 Å². The van der Waals surface area contributed by atoms with Crippen LogP contribution in [0.15, 0.2) is 36.5 Å². The number of ether oxygens (including phenoxy) is 2. The van der Waals surface area contributed by atoms with E-state index in [1.54, 1.807) is 38.6 Å². The molecule has 4 nitrogen and oxygen atoms in total. The summed E-state index contributed by atoms with van der Waals surface area (Å²) in [4.78, 5) is 4.15. The topological polar surface area (TPSA) is 51.6 Å². The summed E-state index contributed by atoms with van der Waals surface area (Å²) in [6.07, 6.45) is 2.40. The Morgan fingerprint density at radius 3 is 2.56 bits per heavy atom. The number of phenols is 1. The molecule has 4 heteroatoms. The number of phenolic OH excluding ortho intramolecular Hbond substituents is 1. The minimum Gasteiger partial charge on any atom is -0.508 e. The van der Waals surface area contributed by atoms with Gasteiger partial charge in [0.2, 0.25) is 5.88 Å². The lowest BCUT2D eigenvalue weighted by atomic mass is 10.1. The molecular formula is C14H15NO3. The molecule has 0 unspecified atom stereocenters. The zero-order valence-corrected chi connectivity index (χ0v) is 10.4. The van der Waals surface area contributed by atoms with Crippen LogP contribution in [-0.2, 0) is 6.42 Å². The van der Waals surface area contributed by atoms with Gasteiger partial charge in [0.25, 0.3) is 0 Å². The van der Waals surface area contributed by atoms with Crippen LogP contribution in [0.25, 0.3) is 0 Å². The molecule has 2 aromatic rings. The Kier molecular flexibility index (Phi) is 3.67. The normalized spacial score (nSPS) is 10.1. The van der Waals surface area contributed by atoms with Gasteiger partial charge >= 0.3 is 0 Å². The molecule has 0 radical (unpaired) electrons. The maximum atomic E-state index is 9.50. The van der Waals surface area contributed by atoms with Crippen molar-refractivity contribution in [2.75, 3.05) is 14.2 Å². The van der Waals surface area contributed by atoms with E-state index in [-0.39, 0.29) is 5.75 Å². The minimum absolute atomic E-state index is 0.229. The summed E-state index contributed by atoms with van der Waals surface area (Å²) in [5.41, 5.74) is 1.95. The van der Waals surface area contributed by atoms with Crippen molar-refractivity contribution in [3.05, 3.63) is 47.7 Å². The zero-order valence-electron chi connectivity index (χ0n) is 10.4. The lowest BCUT2D eigenvalue weighted by Gasteiger charge is -2.09. The predicted molar refractivity (Wildman–Crippen MR) is 68.3 cm³/mol. The number of nitrogens with zero attached hydrogens (tertiary/aromatic N) is 1. The molecule has 0 saturated carbocycles. The third-order valence-corrected chi connectivity index (χ3v) is 2.67. The molecule has 94 valence electrons. The van der Waals surface area contributed by atoms with Gasteiger partial charge < -0.3 is 14.6 Å². The molecule has 0 aliphatic rings. The van der Waals surface area contributed by atoms with Gasteiger partial charge in [0.1, 0.15) is 11.5 Å². The summed E-state index contributed by atoms with van der Waals surface area (Å²) in [6.45, 7) is 0. The van der Waals surface area contributed by atoms with Crippen LogP contribution in [0.3, 0.4) is 0 Å². The van der Waals surface area contributed by atoms with Crippen LogP contribution in [0, 0.1) is 0 Å². The van der Waals surface area contributed by atoms with Gasteiger partial charge in [0.05, 0.1) is 14.2 Å². The van der Waals surface area contributed by atoms with Crippen molar-refractivity contribution < 1.29 is 14.6 Å². The molecule has 0 atom stereocenters. The van der Waals surface area contributed by atoms with Crippen molar-refractivity contribution in [3.63, 3.8) is 0 Å². The largest absolute Gasteiger partial charge is 0.508 e. The molecule has 0 aliphatic heterocycles. The van der Waals surface area contributed by atoms with E-state index in [2.05, 4.69) is 4.98 Å². The molecule has 2 rings (SSSR count). The van der Waals surface area contributed by atoms with Gasteiger partial charge in [-0.1, -0.05) is 6.07 Å². The second-order valence-electron chi connectivity index (χ2n) is 3.88. The van der Waals surface area contributed by atoms with E-state index in [1.807, 2.05) is 12.1 Å². The molecule has 0 spiro atoms. The fourth-order valence-electron chi connectivity index (χ4n) is 1.76. The molecule has 1 aromatic carbocycles. The number of hydrogen-bond donors (Lipinski definition) is 1. The molecule has 0 bridgehead atoms. The molecule has 1 N–H and O–H groups in total. The molecule has 0 aliphatic carbocycles. The average Bonchev–Trinajstić information content (AvgIpc) is 2.40. The Balaban J connectivity index is 2.24. The lowest BCUT2D eigenvalue weighted by molar-refractivity contribution is 0.397. The van der Waals surface area contributed by atoms with Crippen LogP contribution >= 0.6 is 0 Å². The van der Waals surface area contributed by atoms with Crippen molar-refractivity contribution >= 4 is 0 Å². The zero-order chi connectivity index (χ0) is 13.0. The quantitative estimate of drug-likeness (QED) is 0.898. The first-order valence-electron chi connectivity index (χ1n) is 5.57. The number of pyridine rings is 1. The molecule has 0 saturated heterocycles. The highest BCUT2D eigenvalue weighted by molar-refractivity contribution is 5.42. The smallest absolute Gasteiger partial charge is 0.212 e. The summed E-state index contributed by atoms with van der Waals surface area (Å²) in [5, 5.41) is 9.50. The molecule has 0 amide bonds. The van der Waals surface area contributed by atoms with Gasteiger partial charge in [-0.2, -0.15) is 0 Å². The van der Waals surface area contributed by atoms with E-state index >= 15 is 0 Å². The first-order chi connectivity index (χ1) is 8.72. The monoisotopic (exact) mass is 245 g/mol. The molecular weight excluding hydrogens is 230 g/mol. The Labute approximate surface area is 106 Å². The fraction of sp³-hybridized carbons (Fsp3) is 0.214. The molecule has 0 fully saturated rings. The van der Waals surface area contributed by atoms with Gasteiger partial charge in [-0.3, -0.25) is 0 Å². The van der Waals surface area contributed by atoms with Crippen LogP contribution in [0.4, 0.5) is 0 Å². The summed E-state index contributed by atoms with van der Waals surface area (Å²) >= 11 is 0. The van der Waals surface area contributed by atoms with Crippen molar-refractivity contribution in [2.45, 2.75) is 6.42 Å². The summed E-state index contributed by atoms with van der Waals surface area (Å²) in [7, 11) is 3.20. The number of rotatable bonds is 4. The Morgan fingerprint density at radius 1 is 1.11 bits per heavy atom. The standard InChI is InChI=1S/C14H15NO3/c1-17-13-5-4-12(16)8-11(13)7-10-3-6-14(18-2)15-9-10/h3-6,8-9,16H,7H2,1-2H3. The second-order valence-corrected chi connectivity index (χ2v) is 3.88. The number of methoxy groups -OCH3 is 2. The highest BCUT2D eigenvalue weighted by Crippen LogP contribution is 2.25. The summed E-state index contributed by atoms with van der Waals surface area (Å²) in [5.74, 6) is 1.57. The van der Waals surface area contributed by atoms with Crippen molar-refractivity contribution in [1.29, 1.82) is 0 Å². The first kappa shape index (κ1) is 12.2. The Morgan fingerprint density at radius 2 is 1.94 bits per heavy atom. The number of benzene rings is 1. The van der Waals surface area contributed by atoms with Crippen LogP contribution in [0.1, 0.15) is 11.1 Å². The van der Waals surface area contributed by atoms with E-state index in [0.29, 0.717) is 12.3 Å². The molecule has 1 heterocycles. The summed E-state index contributed by atoms with van der Waals surface area (Å²) in [6, 6.07) is 8.80. The maximum absolute atomic E-state index is 9.50. The maximum Gasteiger partial charge on any atom is 0.212 e. The summed E-state index contributed by atoms with van der Waals surface area (Å²) < 4.78 is 10.3. The predicted octanol–water partition coefficient (Wildman–Crippen LogP) is 2.40. The Hall–Kier alpha value is -2.23.